The maximum atomic E-state index is 11.3. The molecule has 0 aromatic heterocycles. The molecule has 0 bridgehead atoms. The molecule has 4 N–H and O–H groups in total. The number of benzene rings is 2. The summed E-state index contributed by atoms with van der Waals surface area (Å²) in [7, 11) is 3.14. The van der Waals surface area contributed by atoms with Crippen molar-refractivity contribution in [2.24, 2.45) is 17.6 Å². The van der Waals surface area contributed by atoms with Crippen molar-refractivity contribution in [2.75, 3.05) is 14.1 Å². The molecule has 0 radical (unpaired) electrons. The van der Waals surface area contributed by atoms with Crippen LogP contribution in [0.5, 0.6) is 0 Å². The second-order valence-corrected chi connectivity index (χ2v) is 6.78. The summed E-state index contributed by atoms with van der Waals surface area (Å²) in [4.78, 5) is 21.9. The SMILES string of the molecule is CN.CNC(=O)[C@@H](C)Cc1ccc(C#N)cc1.C[C@@H](Cc1ccc(C#N)cc1)C(=O)O.Cl. The maximum Gasteiger partial charge on any atom is 0.306 e. The number of carboxylic acids is 1. The van der Waals surface area contributed by atoms with Crippen LogP contribution in [0.2, 0.25) is 0 Å². The molecule has 0 heterocycles. The molecular weight excluding hydrogens is 428 g/mol. The highest BCUT2D eigenvalue weighted by atomic mass is 35.5. The van der Waals surface area contributed by atoms with Gasteiger partial charge in [0.1, 0.15) is 0 Å². The molecule has 2 atom stereocenters. The molecule has 2 aromatic rings. The Morgan fingerprint density at radius 3 is 1.50 bits per heavy atom. The highest BCUT2D eigenvalue weighted by Crippen LogP contribution is 2.11. The first-order valence-corrected chi connectivity index (χ1v) is 9.80. The van der Waals surface area contributed by atoms with E-state index < -0.39 is 5.97 Å². The smallest absolute Gasteiger partial charge is 0.306 e. The Morgan fingerprint density at radius 1 is 0.875 bits per heavy atom. The molecule has 2 aromatic carbocycles. The number of nitrogens with one attached hydrogen (secondary N) is 1. The van der Waals surface area contributed by atoms with Crippen LogP contribution in [0.1, 0.15) is 36.1 Å². The predicted octanol–water partition coefficient (Wildman–Crippen LogP) is 3.30. The Kier molecular flexibility index (Phi) is 16.7. The van der Waals surface area contributed by atoms with E-state index in [1.54, 1.807) is 50.4 Å². The quantitative estimate of drug-likeness (QED) is 0.606. The lowest BCUT2D eigenvalue weighted by molar-refractivity contribution is -0.141. The zero-order valence-electron chi connectivity index (χ0n) is 18.8. The largest absolute Gasteiger partial charge is 0.481 e. The predicted molar refractivity (Wildman–Crippen MR) is 127 cm³/mol. The van der Waals surface area contributed by atoms with Gasteiger partial charge in [-0.15, -0.1) is 12.4 Å². The molecule has 0 saturated heterocycles. The minimum Gasteiger partial charge on any atom is -0.481 e. The van der Waals surface area contributed by atoms with Crippen molar-refractivity contribution >= 4 is 24.3 Å². The van der Waals surface area contributed by atoms with Gasteiger partial charge in [-0.2, -0.15) is 10.5 Å². The fraction of sp³-hybridized carbons (Fsp3) is 0.333. The van der Waals surface area contributed by atoms with Gasteiger partial charge < -0.3 is 16.2 Å². The van der Waals surface area contributed by atoms with Gasteiger partial charge in [0.15, 0.2) is 0 Å². The van der Waals surface area contributed by atoms with Gasteiger partial charge >= 0.3 is 5.97 Å². The molecule has 0 aliphatic heterocycles. The lowest BCUT2D eigenvalue weighted by atomic mass is 10.00. The van der Waals surface area contributed by atoms with Crippen molar-refractivity contribution in [1.82, 2.24) is 5.32 Å². The molecule has 32 heavy (non-hydrogen) atoms. The van der Waals surface area contributed by atoms with Crippen LogP contribution in [0.25, 0.3) is 0 Å². The zero-order chi connectivity index (χ0) is 23.8. The normalized spacial score (nSPS) is 10.7. The van der Waals surface area contributed by atoms with Gasteiger partial charge in [0, 0.05) is 13.0 Å². The lowest BCUT2D eigenvalue weighted by Crippen LogP contribution is -2.26. The molecule has 172 valence electrons. The van der Waals surface area contributed by atoms with Crippen molar-refractivity contribution in [2.45, 2.75) is 26.7 Å². The minimum absolute atomic E-state index is 0. The number of nitrogens with zero attached hydrogens (tertiary/aromatic N) is 2. The van der Waals surface area contributed by atoms with Crippen LogP contribution >= 0.6 is 12.4 Å². The molecule has 0 saturated carbocycles. The number of nitrogens with two attached hydrogens (primary N) is 1. The fourth-order valence-corrected chi connectivity index (χ4v) is 2.56. The van der Waals surface area contributed by atoms with Crippen LogP contribution in [0.15, 0.2) is 48.5 Å². The van der Waals surface area contributed by atoms with Gasteiger partial charge in [-0.05, 0) is 55.3 Å². The summed E-state index contributed by atoms with van der Waals surface area (Å²) in [6, 6.07) is 18.4. The lowest BCUT2D eigenvalue weighted by Gasteiger charge is -2.09. The molecule has 0 unspecified atom stereocenters. The summed E-state index contributed by atoms with van der Waals surface area (Å²) < 4.78 is 0. The van der Waals surface area contributed by atoms with Gasteiger partial charge in [0.2, 0.25) is 5.91 Å². The van der Waals surface area contributed by atoms with E-state index in [9.17, 15) is 9.59 Å². The molecule has 2 rings (SSSR count). The van der Waals surface area contributed by atoms with Gasteiger partial charge in [0.25, 0.3) is 0 Å². The Labute approximate surface area is 196 Å². The highest BCUT2D eigenvalue weighted by Gasteiger charge is 2.11. The van der Waals surface area contributed by atoms with E-state index in [1.807, 2.05) is 25.1 Å². The maximum absolute atomic E-state index is 11.3. The molecule has 0 spiro atoms. The van der Waals surface area contributed by atoms with Crippen molar-refractivity contribution in [3.05, 3.63) is 70.8 Å². The molecular formula is C24H31ClN4O3. The van der Waals surface area contributed by atoms with Crippen LogP contribution in [0, 0.1) is 34.5 Å². The molecule has 0 aliphatic rings. The third-order valence-corrected chi connectivity index (χ3v) is 4.37. The Hall–Kier alpha value is -3.39. The zero-order valence-corrected chi connectivity index (χ0v) is 19.6. The molecule has 1 amide bonds. The van der Waals surface area contributed by atoms with E-state index in [2.05, 4.69) is 17.1 Å². The van der Waals surface area contributed by atoms with Gasteiger partial charge in [-0.3, -0.25) is 9.59 Å². The number of amides is 1. The van der Waals surface area contributed by atoms with E-state index in [1.165, 1.54) is 7.05 Å². The van der Waals surface area contributed by atoms with Crippen LogP contribution in [0.4, 0.5) is 0 Å². The number of halogens is 1. The highest BCUT2D eigenvalue weighted by molar-refractivity contribution is 5.85. The van der Waals surface area contributed by atoms with Crippen molar-refractivity contribution in [3.63, 3.8) is 0 Å². The number of hydrogen-bond acceptors (Lipinski definition) is 5. The summed E-state index contributed by atoms with van der Waals surface area (Å²) in [5, 5.41) is 28.5. The summed E-state index contributed by atoms with van der Waals surface area (Å²) in [5.41, 5.74) is 7.76. The van der Waals surface area contributed by atoms with Gasteiger partial charge in [-0.1, -0.05) is 38.1 Å². The summed E-state index contributed by atoms with van der Waals surface area (Å²) in [6.45, 7) is 3.55. The first-order chi connectivity index (χ1) is 14.8. The Morgan fingerprint density at radius 2 is 1.22 bits per heavy atom. The third kappa shape index (κ3) is 11.7. The Bertz CT molecular complexity index is 901. The van der Waals surface area contributed by atoms with Crippen molar-refractivity contribution in [3.8, 4) is 12.1 Å². The first-order valence-electron chi connectivity index (χ1n) is 9.80. The van der Waals surface area contributed by atoms with Crippen molar-refractivity contribution < 1.29 is 14.7 Å². The van der Waals surface area contributed by atoms with Crippen LogP contribution in [-0.2, 0) is 22.4 Å². The third-order valence-electron chi connectivity index (χ3n) is 4.37. The van der Waals surface area contributed by atoms with E-state index in [0.29, 0.717) is 24.0 Å². The number of hydrogen-bond donors (Lipinski definition) is 3. The number of nitriles is 2. The average Bonchev–Trinajstić information content (AvgIpc) is 2.81. The topological polar surface area (TPSA) is 140 Å². The van der Waals surface area contributed by atoms with E-state index in [4.69, 9.17) is 15.6 Å². The van der Waals surface area contributed by atoms with Gasteiger partial charge in [0.05, 0.1) is 29.2 Å². The Balaban J connectivity index is 0. The summed E-state index contributed by atoms with van der Waals surface area (Å²) in [6.07, 6.45) is 1.20. The standard InChI is InChI=1S/C12H14N2O.C11H11NO2.CH5N.ClH/c1-9(12(15)14-2)7-10-3-5-11(8-13)6-4-10;1-8(11(13)14)6-9-2-4-10(7-12)5-3-9;1-2;/h3-6,9H,7H2,1-2H3,(H,14,15);2-5,8H,6H2,1H3,(H,13,14);2H2,1H3;1H/t9-;8-;;/m00../s1. The van der Waals surface area contributed by atoms with E-state index in [0.717, 1.165) is 11.1 Å². The van der Waals surface area contributed by atoms with Crippen LogP contribution < -0.4 is 11.1 Å². The number of carbonyl (C=O) groups is 2. The number of carboxylic acid groups (broad SMARTS) is 1. The van der Waals surface area contributed by atoms with E-state index >= 15 is 0 Å². The van der Waals surface area contributed by atoms with Crippen LogP contribution in [0.3, 0.4) is 0 Å². The second-order valence-electron chi connectivity index (χ2n) is 6.78. The molecule has 8 heteroatoms. The number of carbonyl (C=O) groups excluding carboxylic acids is 1. The fourth-order valence-electron chi connectivity index (χ4n) is 2.56. The van der Waals surface area contributed by atoms with Crippen LogP contribution in [-0.4, -0.2) is 31.1 Å². The number of aliphatic carboxylic acids is 1. The minimum atomic E-state index is -0.797. The van der Waals surface area contributed by atoms with Gasteiger partial charge in [-0.25, -0.2) is 0 Å². The monoisotopic (exact) mass is 458 g/mol. The van der Waals surface area contributed by atoms with Crippen molar-refractivity contribution in [1.29, 1.82) is 10.5 Å². The van der Waals surface area contributed by atoms with E-state index in [-0.39, 0.29) is 30.2 Å². The summed E-state index contributed by atoms with van der Waals surface area (Å²) in [5.74, 6) is -1.18. The molecule has 0 fully saturated rings. The molecule has 7 nitrogen and oxygen atoms in total. The summed E-state index contributed by atoms with van der Waals surface area (Å²) >= 11 is 0. The second kappa shape index (κ2) is 17.3. The molecule has 0 aliphatic carbocycles. The average molecular weight is 459 g/mol. The number of rotatable bonds is 6. The first kappa shape index (κ1) is 30.8.